The smallest absolute Gasteiger partial charge is 0.320 e. The summed E-state index contributed by atoms with van der Waals surface area (Å²) in [7, 11) is 0. The van der Waals surface area contributed by atoms with Crippen LogP contribution in [0.3, 0.4) is 0 Å². The maximum Gasteiger partial charge on any atom is 0.397 e. The van der Waals surface area contributed by atoms with Gasteiger partial charge in [-0.15, -0.1) is 0 Å². The Bertz CT molecular complexity index is 249. The zero-order valence-electron chi connectivity index (χ0n) is 9.96. The SMILES string of the molecule is CCC(F)(F)OCCC(C(F)(F)F)C(F)(F)CC. The van der Waals surface area contributed by atoms with E-state index in [0.29, 0.717) is 0 Å². The van der Waals surface area contributed by atoms with Gasteiger partial charge < -0.3 is 4.74 Å². The summed E-state index contributed by atoms with van der Waals surface area (Å²) in [6.45, 7) is 0.905. The Balaban J connectivity index is 4.56. The maximum absolute atomic E-state index is 13.1. The maximum atomic E-state index is 13.1. The molecule has 0 amide bonds. The summed E-state index contributed by atoms with van der Waals surface area (Å²) in [6.07, 6.45) is -11.7. The summed E-state index contributed by atoms with van der Waals surface area (Å²) in [5.74, 6) is -6.95. The summed E-state index contributed by atoms with van der Waals surface area (Å²) >= 11 is 0. The third-order valence-corrected chi connectivity index (χ3v) is 2.51. The molecule has 0 saturated heterocycles. The van der Waals surface area contributed by atoms with Crippen molar-refractivity contribution in [2.24, 2.45) is 5.92 Å². The molecule has 0 N–H and O–H groups in total. The highest BCUT2D eigenvalue weighted by molar-refractivity contribution is 4.81. The first-order valence-electron chi connectivity index (χ1n) is 5.42. The number of hydrogen-bond acceptors (Lipinski definition) is 1. The second-order valence-electron chi connectivity index (χ2n) is 3.84. The van der Waals surface area contributed by atoms with Crippen molar-refractivity contribution in [1.29, 1.82) is 0 Å². The largest absolute Gasteiger partial charge is 0.397 e. The summed E-state index contributed by atoms with van der Waals surface area (Å²) in [5, 5.41) is 0. The van der Waals surface area contributed by atoms with Crippen molar-refractivity contribution < 1.29 is 35.5 Å². The first kappa shape index (κ1) is 17.5. The zero-order chi connectivity index (χ0) is 14.6. The van der Waals surface area contributed by atoms with E-state index in [2.05, 4.69) is 4.74 Å². The van der Waals surface area contributed by atoms with Crippen molar-refractivity contribution in [2.75, 3.05) is 6.61 Å². The summed E-state index contributed by atoms with van der Waals surface area (Å²) < 4.78 is 92.3. The quantitative estimate of drug-likeness (QED) is 0.620. The van der Waals surface area contributed by atoms with Crippen LogP contribution in [0.2, 0.25) is 0 Å². The predicted octanol–water partition coefficient (Wildman–Crippen LogP) is 4.62. The summed E-state index contributed by atoms with van der Waals surface area (Å²) in [5.41, 5.74) is 0. The molecule has 110 valence electrons. The van der Waals surface area contributed by atoms with Crippen LogP contribution in [0.25, 0.3) is 0 Å². The fourth-order valence-electron chi connectivity index (χ4n) is 1.29. The van der Waals surface area contributed by atoms with E-state index in [-0.39, 0.29) is 0 Å². The minimum atomic E-state index is -5.15. The number of halogens is 7. The first-order chi connectivity index (χ1) is 7.96. The van der Waals surface area contributed by atoms with Crippen molar-refractivity contribution in [3.8, 4) is 0 Å². The van der Waals surface area contributed by atoms with Gasteiger partial charge in [0, 0.05) is 12.8 Å². The zero-order valence-corrected chi connectivity index (χ0v) is 9.96. The molecule has 0 bridgehead atoms. The molecule has 0 aliphatic carbocycles. The molecule has 8 heteroatoms. The Kier molecular flexibility index (Phi) is 5.90. The molecule has 1 unspecified atom stereocenters. The van der Waals surface area contributed by atoms with Crippen molar-refractivity contribution in [3.63, 3.8) is 0 Å². The average molecular weight is 284 g/mol. The molecule has 0 heterocycles. The molecular weight excluding hydrogens is 269 g/mol. The van der Waals surface area contributed by atoms with Crippen molar-refractivity contribution in [1.82, 2.24) is 0 Å². The molecule has 0 aromatic rings. The second kappa shape index (κ2) is 6.08. The van der Waals surface area contributed by atoms with Crippen molar-refractivity contribution >= 4 is 0 Å². The van der Waals surface area contributed by atoms with Gasteiger partial charge in [0.1, 0.15) is 5.92 Å². The second-order valence-corrected chi connectivity index (χ2v) is 3.84. The lowest BCUT2D eigenvalue weighted by molar-refractivity contribution is -0.268. The lowest BCUT2D eigenvalue weighted by atomic mass is 9.95. The van der Waals surface area contributed by atoms with Gasteiger partial charge in [0.25, 0.3) is 5.92 Å². The highest BCUT2D eigenvalue weighted by Crippen LogP contribution is 2.42. The minimum absolute atomic E-state index is 0.728. The highest BCUT2D eigenvalue weighted by Gasteiger charge is 2.54. The van der Waals surface area contributed by atoms with Crippen molar-refractivity contribution in [3.05, 3.63) is 0 Å². The van der Waals surface area contributed by atoms with Gasteiger partial charge in [-0.05, 0) is 6.42 Å². The molecule has 0 rings (SSSR count). The van der Waals surface area contributed by atoms with Crippen LogP contribution < -0.4 is 0 Å². The van der Waals surface area contributed by atoms with Crippen LogP contribution >= 0.6 is 0 Å². The van der Waals surface area contributed by atoms with E-state index >= 15 is 0 Å². The summed E-state index contributed by atoms with van der Waals surface area (Å²) in [4.78, 5) is 0. The predicted molar refractivity (Wildman–Crippen MR) is 50.6 cm³/mol. The molecule has 0 saturated carbocycles. The Labute approximate surface area is 100 Å². The Morgan fingerprint density at radius 2 is 1.39 bits per heavy atom. The highest BCUT2D eigenvalue weighted by atomic mass is 19.4. The normalized spacial score (nSPS) is 15.8. The number of alkyl halides is 7. The van der Waals surface area contributed by atoms with E-state index in [1.807, 2.05) is 0 Å². The van der Waals surface area contributed by atoms with Crippen LogP contribution in [0, 0.1) is 5.92 Å². The molecule has 0 spiro atoms. The van der Waals surface area contributed by atoms with Crippen LogP contribution in [0.1, 0.15) is 33.1 Å². The summed E-state index contributed by atoms with van der Waals surface area (Å²) in [6, 6.07) is 0. The minimum Gasteiger partial charge on any atom is -0.320 e. The lowest BCUT2D eigenvalue weighted by Gasteiger charge is -2.28. The molecule has 0 fully saturated rings. The number of ether oxygens (including phenoxy) is 1. The third-order valence-electron chi connectivity index (χ3n) is 2.51. The molecule has 1 atom stereocenters. The molecule has 0 radical (unpaired) electrons. The van der Waals surface area contributed by atoms with E-state index < -0.39 is 50.0 Å². The van der Waals surface area contributed by atoms with Gasteiger partial charge in [-0.2, -0.15) is 22.0 Å². The molecule has 0 aliphatic rings. The van der Waals surface area contributed by atoms with Gasteiger partial charge in [0.2, 0.25) is 0 Å². The monoisotopic (exact) mass is 284 g/mol. The fourth-order valence-corrected chi connectivity index (χ4v) is 1.29. The molecular formula is C10H15F7O. The molecule has 0 aromatic carbocycles. The first-order valence-corrected chi connectivity index (χ1v) is 5.42. The third kappa shape index (κ3) is 5.41. The van der Waals surface area contributed by atoms with E-state index in [9.17, 15) is 30.7 Å². The standard InChI is InChI=1S/C10H15F7O/c1-3-8(11,12)7(10(15,16)17)5-6-18-9(13,14)4-2/h7H,3-6H2,1-2H3. The van der Waals surface area contributed by atoms with Gasteiger partial charge in [-0.3, -0.25) is 0 Å². The van der Waals surface area contributed by atoms with E-state index in [4.69, 9.17) is 0 Å². The average Bonchev–Trinajstić information content (AvgIpc) is 2.22. The van der Waals surface area contributed by atoms with Crippen LogP contribution in [-0.4, -0.2) is 24.8 Å². The van der Waals surface area contributed by atoms with Crippen LogP contribution in [-0.2, 0) is 4.74 Å². The molecule has 0 aliphatic heterocycles. The number of rotatable bonds is 7. The van der Waals surface area contributed by atoms with Gasteiger partial charge in [0.05, 0.1) is 6.61 Å². The fraction of sp³-hybridized carbons (Fsp3) is 1.00. The topological polar surface area (TPSA) is 9.23 Å². The Morgan fingerprint density at radius 3 is 1.72 bits per heavy atom. The van der Waals surface area contributed by atoms with E-state index in [0.717, 1.165) is 13.8 Å². The number of hydrogen-bond donors (Lipinski definition) is 0. The van der Waals surface area contributed by atoms with Crippen LogP contribution in [0.5, 0.6) is 0 Å². The lowest BCUT2D eigenvalue weighted by Crippen LogP contribution is -2.40. The Morgan fingerprint density at radius 1 is 0.889 bits per heavy atom. The van der Waals surface area contributed by atoms with Gasteiger partial charge >= 0.3 is 12.3 Å². The Hall–Kier alpha value is -0.530. The molecule has 18 heavy (non-hydrogen) atoms. The van der Waals surface area contributed by atoms with Gasteiger partial charge in [-0.25, -0.2) is 8.78 Å². The van der Waals surface area contributed by atoms with Gasteiger partial charge in [0.15, 0.2) is 0 Å². The van der Waals surface area contributed by atoms with Gasteiger partial charge in [-0.1, -0.05) is 13.8 Å². The van der Waals surface area contributed by atoms with Crippen LogP contribution in [0.4, 0.5) is 30.7 Å². The van der Waals surface area contributed by atoms with E-state index in [1.54, 1.807) is 0 Å². The van der Waals surface area contributed by atoms with Crippen LogP contribution in [0.15, 0.2) is 0 Å². The van der Waals surface area contributed by atoms with E-state index in [1.165, 1.54) is 0 Å². The molecule has 0 aromatic heterocycles. The molecule has 1 nitrogen and oxygen atoms in total. The van der Waals surface area contributed by atoms with Crippen molar-refractivity contribution in [2.45, 2.75) is 51.3 Å².